The molecule has 1 aliphatic heterocycles. The summed E-state index contributed by atoms with van der Waals surface area (Å²) in [5.41, 5.74) is -2.10. The second-order valence-corrected chi connectivity index (χ2v) is 6.97. The molecule has 0 spiro atoms. The molecular weight excluding hydrogens is 339 g/mol. The first-order chi connectivity index (χ1) is 12.0. The van der Waals surface area contributed by atoms with E-state index in [1.165, 1.54) is 31.2 Å². The van der Waals surface area contributed by atoms with E-state index in [1.807, 2.05) is 6.07 Å². The third kappa shape index (κ3) is 3.38. The van der Waals surface area contributed by atoms with Gasteiger partial charge in [0.25, 0.3) is 5.91 Å². The van der Waals surface area contributed by atoms with E-state index >= 15 is 0 Å². The minimum absolute atomic E-state index is 0.163. The molecule has 0 bridgehead atoms. The third-order valence-electron chi connectivity index (χ3n) is 4.78. The summed E-state index contributed by atoms with van der Waals surface area (Å²) in [6.07, 6.45) is 0. The molecule has 1 fully saturated rings. The lowest BCUT2D eigenvalue weighted by Crippen LogP contribution is -2.52. The number of hydrogen-bond donors (Lipinski definition) is 2. The molecule has 2 rings (SSSR count). The lowest BCUT2D eigenvalue weighted by atomic mass is 9.90. The summed E-state index contributed by atoms with van der Waals surface area (Å²) in [4.78, 5) is 38.0. The smallest absolute Gasteiger partial charge is 0.325 e. The zero-order chi connectivity index (χ0) is 19.7. The van der Waals surface area contributed by atoms with Crippen molar-refractivity contribution in [1.82, 2.24) is 15.5 Å². The number of nitrogens with one attached hydrogen (secondary N) is 2. The number of nitrogens with zero attached hydrogens (tertiary/aromatic N) is 2. The summed E-state index contributed by atoms with van der Waals surface area (Å²) >= 11 is 0. The van der Waals surface area contributed by atoms with Crippen LogP contribution in [0.2, 0.25) is 0 Å². The zero-order valence-electron chi connectivity index (χ0n) is 15.1. The molecule has 2 N–H and O–H groups in total. The first-order valence-electron chi connectivity index (χ1n) is 8.16. The van der Waals surface area contributed by atoms with Crippen LogP contribution in [0.1, 0.15) is 33.3 Å². The highest BCUT2D eigenvalue weighted by Gasteiger charge is 2.49. The largest absolute Gasteiger partial charge is 0.336 e. The molecule has 0 saturated carbocycles. The van der Waals surface area contributed by atoms with Gasteiger partial charge in [-0.15, -0.1) is 0 Å². The van der Waals surface area contributed by atoms with Crippen LogP contribution in [0.25, 0.3) is 0 Å². The Labute approximate surface area is 151 Å². The molecule has 138 valence electrons. The van der Waals surface area contributed by atoms with Crippen molar-refractivity contribution in [1.29, 1.82) is 5.26 Å². The van der Waals surface area contributed by atoms with Crippen molar-refractivity contribution in [2.45, 2.75) is 38.8 Å². The quantitative estimate of drug-likeness (QED) is 0.779. The minimum Gasteiger partial charge on any atom is -0.336 e. The summed E-state index contributed by atoms with van der Waals surface area (Å²) in [6, 6.07) is 6.50. The third-order valence-corrected chi connectivity index (χ3v) is 4.78. The van der Waals surface area contributed by atoms with Gasteiger partial charge < -0.3 is 10.6 Å². The van der Waals surface area contributed by atoms with E-state index in [4.69, 9.17) is 0 Å². The predicted octanol–water partition coefficient (Wildman–Crippen LogP) is 1.65. The molecule has 8 heteroatoms. The molecule has 2 atom stereocenters. The first kappa shape index (κ1) is 19.4. The number of carbonyl (C=O) groups excluding carboxylic acids is 3. The zero-order valence-corrected chi connectivity index (χ0v) is 15.1. The Morgan fingerprint density at radius 1 is 1.38 bits per heavy atom. The standard InChI is InChI=1S/C18H21FN4O3/c1-11(2)17(3,10-20)21-14(24)9-23-15(25)18(4,22-16(23)26)12-5-7-13(19)8-6-12/h5-8,11H,9H2,1-4H3,(H,21,24)(H,22,26)/t17-,18-/m1/s1. The number of carbonyl (C=O) groups is 3. The van der Waals surface area contributed by atoms with Crippen LogP contribution in [-0.4, -0.2) is 34.8 Å². The molecule has 7 nitrogen and oxygen atoms in total. The summed E-state index contributed by atoms with van der Waals surface area (Å²) in [6.45, 7) is 6.12. The maximum atomic E-state index is 13.1. The van der Waals surface area contributed by atoms with Crippen molar-refractivity contribution in [2.75, 3.05) is 6.54 Å². The second kappa shape index (κ2) is 6.75. The molecule has 1 aromatic rings. The van der Waals surface area contributed by atoms with Crippen LogP contribution in [-0.2, 0) is 15.1 Å². The normalized spacial score (nSPS) is 22.0. The van der Waals surface area contributed by atoms with Crippen molar-refractivity contribution in [3.05, 3.63) is 35.6 Å². The van der Waals surface area contributed by atoms with Crippen LogP contribution in [0.5, 0.6) is 0 Å². The van der Waals surface area contributed by atoms with Crippen LogP contribution >= 0.6 is 0 Å². The Morgan fingerprint density at radius 3 is 2.46 bits per heavy atom. The number of imide groups is 1. The summed E-state index contributed by atoms with van der Waals surface area (Å²) in [5, 5.41) is 14.4. The van der Waals surface area contributed by atoms with Crippen LogP contribution < -0.4 is 10.6 Å². The lowest BCUT2D eigenvalue weighted by Gasteiger charge is -2.28. The fourth-order valence-corrected chi connectivity index (χ4v) is 2.59. The van der Waals surface area contributed by atoms with Crippen molar-refractivity contribution in [2.24, 2.45) is 5.92 Å². The van der Waals surface area contributed by atoms with Crippen LogP contribution in [0.15, 0.2) is 24.3 Å². The number of nitriles is 1. The molecule has 0 aliphatic carbocycles. The van der Waals surface area contributed by atoms with Gasteiger partial charge in [0, 0.05) is 0 Å². The van der Waals surface area contributed by atoms with Gasteiger partial charge in [0.2, 0.25) is 5.91 Å². The van der Waals surface area contributed by atoms with E-state index in [0.717, 1.165) is 4.90 Å². The molecule has 1 aromatic carbocycles. The average Bonchev–Trinajstić information content (AvgIpc) is 2.79. The number of urea groups is 1. The highest BCUT2D eigenvalue weighted by atomic mass is 19.1. The SMILES string of the molecule is CC(C)[C@@](C)(C#N)NC(=O)CN1C(=O)N[C@](C)(c2ccc(F)cc2)C1=O. The first-order valence-corrected chi connectivity index (χ1v) is 8.16. The Balaban J connectivity index is 2.18. The Hall–Kier alpha value is -2.95. The summed E-state index contributed by atoms with van der Waals surface area (Å²) < 4.78 is 13.1. The van der Waals surface area contributed by atoms with Crippen molar-refractivity contribution in [3.63, 3.8) is 0 Å². The van der Waals surface area contributed by atoms with E-state index in [9.17, 15) is 24.0 Å². The van der Waals surface area contributed by atoms with E-state index in [-0.39, 0.29) is 5.92 Å². The van der Waals surface area contributed by atoms with Crippen LogP contribution in [0.4, 0.5) is 9.18 Å². The molecule has 0 radical (unpaired) electrons. The van der Waals surface area contributed by atoms with Gasteiger partial charge in [-0.1, -0.05) is 26.0 Å². The second-order valence-electron chi connectivity index (χ2n) is 6.97. The highest BCUT2D eigenvalue weighted by molar-refractivity contribution is 6.09. The molecule has 1 aliphatic rings. The van der Waals surface area contributed by atoms with Gasteiger partial charge in [0.15, 0.2) is 0 Å². The number of amides is 4. The Morgan fingerprint density at radius 2 is 1.96 bits per heavy atom. The van der Waals surface area contributed by atoms with Gasteiger partial charge in [-0.05, 0) is 37.5 Å². The molecule has 0 aromatic heterocycles. The number of benzene rings is 1. The topological polar surface area (TPSA) is 102 Å². The van der Waals surface area contributed by atoms with E-state index in [0.29, 0.717) is 5.56 Å². The van der Waals surface area contributed by atoms with Crippen molar-refractivity contribution < 1.29 is 18.8 Å². The molecule has 0 unspecified atom stereocenters. The van der Waals surface area contributed by atoms with Gasteiger partial charge >= 0.3 is 6.03 Å². The summed E-state index contributed by atoms with van der Waals surface area (Å²) in [5.74, 6) is -1.86. The van der Waals surface area contributed by atoms with E-state index in [2.05, 4.69) is 10.6 Å². The van der Waals surface area contributed by atoms with E-state index < -0.39 is 41.3 Å². The monoisotopic (exact) mass is 360 g/mol. The molecule has 1 heterocycles. The highest BCUT2D eigenvalue weighted by Crippen LogP contribution is 2.28. The molecule has 26 heavy (non-hydrogen) atoms. The van der Waals surface area contributed by atoms with Gasteiger partial charge in [0.1, 0.15) is 23.4 Å². The Kier molecular flexibility index (Phi) is 5.03. The lowest BCUT2D eigenvalue weighted by molar-refractivity contribution is -0.135. The molecular formula is C18H21FN4O3. The minimum atomic E-state index is -1.39. The van der Waals surface area contributed by atoms with Gasteiger partial charge in [-0.2, -0.15) is 5.26 Å². The van der Waals surface area contributed by atoms with Crippen molar-refractivity contribution in [3.8, 4) is 6.07 Å². The molecule has 1 saturated heterocycles. The average molecular weight is 360 g/mol. The predicted molar refractivity (Wildman–Crippen MR) is 91.0 cm³/mol. The maximum absolute atomic E-state index is 13.1. The Bertz CT molecular complexity index is 787. The number of rotatable bonds is 5. The van der Waals surface area contributed by atoms with Gasteiger partial charge in [-0.3, -0.25) is 14.5 Å². The number of halogens is 1. The maximum Gasteiger partial charge on any atom is 0.325 e. The fraction of sp³-hybridized carbons (Fsp3) is 0.444. The van der Waals surface area contributed by atoms with E-state index in [1.54, 1.807) is 20.8 Å². The van der Waals surface area contributed by atoms with Crippen molar-refractivity contribution >= 4 is 17.8 Å². The van der Waals surface area contributed by atoms with Gasteiger partial charge in [0.05, 0.1) is 6.07 Å². The molecule has 4 amide bonds. The fourth-order valence-electron chi connectivity index (χ4n) is 2.59. The number of hydrogen-bond acceptors (Lipinski definition) is 4. The van der Waals surface area contributed by atoms with Crippen LogP contribution in [0, 0.1) is 23.1 Å². The summed E-state index contributed by atoms with van der Waals surface area (Å²) in [7, 11) is 0. The van der Waals surface area contributed by atoms with Crippen LogP contribution in [0.3, 0.4) is 0 Å². The van der Waals surface area contributed by atoms with Gasteiger partial charge in [-0.25, -0.2) is 9.18 Å².